The molecule has 24 heavy (non-hydrogen) atoms. The third-order valence-electron chi connectivity index (χ3n) is 4.85. The maximum atomic E-state index is 12.6. The van der Waals surface area contributed by atoms with Crippen LogP contribution in [-0.2, 0) is 19.6 Å². The lowest BCUT2D eigenvalue weighted by molar-refractivity contribution is -0.137. The lowest BCUT2D eigenvalue weighted by Gasteiger charge is -2.42. The van der Waals surface area contributed by atoms with Crippen molar-refractivity contribution >= 4 is 27.3 Å². The number of amides is 1. The fourth-order valence-corrected chi connectivity index (χ4v) is 6.29. The molecule has 2 aliphatic rings. The van der Waals surface area contributed by atoms with Gasteiger partial charge in [-0.3, -0.25) is 4.79 Å². The number of ether oxygens (including phenoxy) is 1. The van der Waals surface area contributed by atoms with E-state index >= 15 is 0 Å². The summed E-state index contributed by atoms with van der Waals surface area (Å²) in [5, 5.41) is 1.78. The van der Waals surface area contributed by atoms with Crippen molar-refractivity contribution in [3.8, 4) is 0 Å². The highest BCUT2D eigenvalue weighted by Crippen LogP contribution is 2.28. The lowest BCUT2D eigenvalue weighted by Crippen LogP contribution is -2.53. The van der Waals surface area contributed by atoms with Crippen LogP contribution >= 0.6 is 11.3 Å². The molecule has 0 bridgehead atoms. The summed E-state index contributed by atoms with van der Waals surface area (Å²) in [5.41, 5.74) is 0. The predicted molar refractivity (Wildman–Crippen MR) is 92.5 cm³/mol. The predicted octanol–water partition coefficient (Wildman–Crippen LogP) is 1.93. The molecule has 0 aromatic carbocycles. The summed E-state index contributed by atoms with van der Waals surface area (Å²) in [4.78, 5) is 14.1. The van der Waals surface area contributed by atoms with Crippen molar-refractivity contribution < 1.29 is 17.9 Å². The van der Waals surface area contributed by atoms with Gasteiger partial charge in [0.05, 0.1) is 0 Å². The molecule has 2 aliphatic heterocycles. The van der Waals surface area contributed by atoms with Crippen LogP contribution in [0.15, 0.2) is 21.7 Å². The summed E-state index contributed by atoms with van der Waals surface area (Å²) in [6.45, 7) is 3.94. The molecular weight excluding hydrogens is 348 g/mol. The Bertz CT molecular complexity index is 646. The van der Waals surface area contributed by atoms with E-state index in [2.05, 4.69) is 0 Å². The van der Waals surface area contributed by atoms with Crippen molar-refractivity contribution in [3.63, 3.8) is 0 Å². The Labute approximate surface area is 147 Å². The van der Waals surface area contributed by atoms with Gasteiger partial charge in [-0.05, 0) is 37.1 Å². The topological polar surface area (TPSA) is 66.9 Å². The van der Waals surface area contributed by atoms with Crippen LogP contribution in [0.25, 0.3) is 0 Å². The van der Waals surface area contributed by atoms with E-state index in [0.717, 1.165) is 12.8 Å². The number of rotatable bonds is 4. The minimum atomic E-state index is -3.38. The second kappa shape index (κ2) is 7.51. The maximum absolute atomic E-state index is 12.6. The molecule has 6 nitrogen and oxygen atoms in total. The minimum absolute atomic E-state index is 0.0847. The molecular formula is C16H24N2O4S2. The zero-order valence-corrected chi connectivity index (χ0v) is 15.5. The van der Waals surface area contributed by atoms with Gasteiger partial charge in [-0.1, -0.05) is 6.07 Å². The Balaban J connectivity index is 1.66. The number of sulfonamides is 1. The summed E-state index contributed by atoms with van der Waals surface area (Å²) < 4.78 is 32.5. The van der Waals surface area contributed by atoms with Crippen molar-refractivity contribution in [1.82, 2.24) is 9.21 Å². The highest BCUT2D eigenvalue weighted by molar-refractivity contribution is 7.91. The largest absolute Gasteiger partial charge is 0.381 e. The van der Waals surface area contributed by atoms with Gasteiger partial charge in [0.15, 0.2) is 0 Å². The molecule has 1 amide bonds. The van der Waals surface area contributed by atoms with Gasteiger partial charge in [0.1, 0.15) is 4.21 Å². The number of carbonyl (C=O) groups is 1. The first-order valence-corrected chi connectivity index (χ1v) is 10.7. The van der Waals surface area contributed by atoms with Crippen molar-refractivity contribution in [2.75, 3.05) is 26.3 Å². The van der Waals surface area contributed by atoms with Crippen LogP contribution < -0.4 is 0 Å². The molecule has 8 heteroatoms. The molecule has 134 valence electrons. The van der Waals surface area contributed by atoms with Gasteiger partial charge in [-0.2, -0.15) is 4.31 Å². The first kappa shape index (κ1) is 17.8. The molecule has 2 fully saturated rings. The summed E-state index contributed by atoms with van der Waals surface area (Å²) in [5.74, 6) is 0.0847. The molecule has 0 unspecified atom stereocenters. The van der Waals surface area contributed by atoms with E-state index < -0.39 is 10.0 Å². The molecule has 1 aromatic rings. The SMILES string of the molecule is CC(=O)N(C1CCOCC1)C1CCN(S(=O)(=O)c2cccs2)CC1. The molecule has 2 saturated heterocycles. The number of hydrogen-bond donors (Lipinski definition) is 0. The molecule has 3 rings (SSSR count). The molecule has 3 heterocycles. The van der Waals surface area contributed by atoms with Gasteiger partial charge in [0.25, 0.3) is 10.0 Å². The van der Waals surface area contributed by atoms with E-state index in [1.165, 1.54) is 11.3 Å². The summed E-state index contributed by atoms with van der Waals surface area (Å²) in [6, 6.07) is 3.75. The summed E-state index contributed by atoms with van der Waals surface area (Å²) in [6.07, 6.45) is 3.13. The van der Waals surface area contributed by atoms with Crippen molar-refractivity contribution in [2.24, 2.45) is 0 Å². The second-order valence-electron chi connectivity index (χ2n) is 6.34. The number of nitrogens with zero attached hydrogens (tertiary/aromatic N) is 2. The third kappa shape index (κ3) is 3.66. The molecule has 0 atom stereocenters. The highest BCUT2D eigenvalue weighted by atomic mass is 32.2. The number of carbonyl (C=O) groups excluding carboxylic acids is 1. The van der Waals surface area contributed by atoms with Crippen LogP contribution in [0.1, 0.15) is 32.6 Å². The van der Waals surface area contributed by atoms with Gasteiger partial charge in [0, 0.05) is 45.3 Å². The highest BCUT2D eigenvalue weighted by Gasteiger charge is 2.35. The maximum Gasteiger partial charge on any atom is 0.252 e. The smallest absolute Gasteiger partial charge is 0.252 e. The first-order chi connectivity index (χ1) is 11.5. The fraction of sp³-hybridized carbons (Fsp3) is 0.688. The Morgan fingerprint density at radius 3 is 2.38 bits per heavy atom. The molecule has 0 aliphatic carbocycles. The van der Waals surface area contributed by atoms with Crippen molar-refractivity contribution in [1.29, 1.82) is 0 Å². The zero-order valence-electron chi connectivity index (χ0n) is 13.9. The molecule has 0 saturated carbocycles. The summed E-state index contributed by atoms with van der Waals surface area (Å²) in [7, 11) is -3.38. The standard InChI is InChI=1S/C16H24N2O4S2/c1-13(19)18(15-6-10-22-11-7-15)14-4-8-17(9-5-14)24(20,21)16-3-2-12-23-16/h2-3,12,14-15H,4-11H2,1H3. The lowest BCUT2D eigenvalue weighted by atomic mass is 9.99. The molecule has 1 aromatic heterocycles. The van der Waals surface area contributed by atoms with E-state index in [0.29, 0.717) is 43.4 Å². The molecule has 0 spiro atoms. The average molecular weight is 373 g/mol. The van der Waals surface area contributed by atoms with E-state index in [-0.39, 0.29) is 18.0 Å². The Morgan fingerprint density at radius 1 is 1.21 bits per heavy atom. The van der Waals surface area contributed by atoms with Crippen LogP contribution in [0.2, 0.25) is 0 Å². The Kier molecular flexibility index (Phi) is 5.59. The van der Waals surface area contributed by atoms with Gasteiger partial charge in [-0.15, -0.1) is 11.3 Å². The molecule has 0 radical (unpaired) electrons. The van der Waals surface area contributed by atoms with Crippen LogP contribution in [0.3, 0.4) is 0 Å². The number of piperidine rings is 1. The van der Waals surface area contributed by atoms with Gasteiger partial charge in [-0.25, -0.2) is 8.42 Å². The van der Waals surface area contributed by atoms with Crippen LogP contribution in [-0.4, -0.2) is 61.9 Å². The Hall–Kier alpha value is -0.960. The molecule has 0 N–H and O–H groups in total. The van der Waals surface area contributed by atoms with Crippen LogP contribution in [0.5, 0.6) is 0 Å². The van der Waals surface area contributed by atoms with Gasteiger partial charge < -0.3 is 9.64 Å². The first-order valence-electron chi connectivity index (χ1n) is 8.40. The normalized spacial score (nSPS) is 21.7. The average Bonchev–Trinajstić information content (AvgIpc) is 3.11. The third-order valence-corrected chi connectivity index (χ3v) is 8.13. The zero-order chi connectivity index (χ0) is 17.2. The monoisotopic (exact) mass is 372 g/mol. The van der Waals surface area contributed by atoms with E-state index in [4.69, 9.17) is 4.74 Å². The second-order valence-corrected chi connectivity index (χ2v) is 9.45. The fourth-order valence-electron chi connectivity index (χ4n) is 3.67. The van der Waals surface area contributed by atoms with Crippen LogP contribution in [0.4, 0.5) is 0 Å². The minimum Gasteiger partial charge on any atom is -0.381 e. The van der Waals surface area contributed by atoms with Gasteiger partial charge >= 0.3 is 0 Å². The summed E-state index contributed by atoms with van der Waals surface area (Å²) >= 11 is 1.25. The Morgan fingerprint density at radius 2 is 1.83 bits per heavy atom. The quantitative estimate of drug-likeness (QED) is 0.810. The van der Waals surface area contributed by atoms with Crippen molar-refractivity contribution in [2.45, 2.75) is 48.9 Å². The van der Waals surface area contributed by atoms with E-state index in [9.17, 15) is 13.2 Å². The van der Waals surface area contributed by atoms with Crippen LogP contribution in [0, 0.1) is 0 Å². The van der Waals surface area contributed by atoms with Gasteiger partial charge in [0.2, 0.25) is 5.91 Å². The number of thiophene rings is 1. The van der Waals surface area contributed by atoms with E-state index in [1.807, 2.05) is 4.90 Å². The van der Waals surface area contributed by atoms with E-state index in [1.54, 1.807) is 28.7 Å². The number of hydrogen-bond acceptors (Lipinski definition) is 5. The van der Waals surface area contributed by atoms with Crippen molar-refractivity contribution in [3.05, 3.63) is 17.5 Å².